The summed E-state index contributed by atoms with van der Waals surface area (Å²) in [5.74, 6) is -1.45. The molecule has 174 valence electrons. The Labute approximate surface area is 184 Å². The maximum atomic E-state index is 14.2. The number of alkyl halides is 1. The molecule has 31 heavy (non-hydrogen) atoms. The van der Waals surface area contributed by atoms with Crippen molar-refractivity contribution in [2.24, 2.45) is 11.8 Å². The van der Waals surface area contributed by atoms with E-state index in [2.05, 4.69) is 0 Å². The minimum Gasteiger partial charge on any atom is -0.496 e. The molecular weight excluding hydrogens is 401 g/mol. The number of carboxylic acids is 1. The predicted octanol–water partition coefficient (Wildman–Crippen LogP) is 4.31. The Balaban J connectivity index is 2.61. The van der Waals surface area contributed by atoms with Gasteiger partial charge in [0.1, 0.15) is 18.0 Å². The monoisotopic (exact) mass is 437 g/mol. The van der Waals surface area contributed by atoms with Gasteiger partial charge >= 0.3 is 5.97 Å². The molecular formula is C24H36FNO5. The van der Waals surface area contributed by atoms with E-state index in [0.29, 0.717) is 5.75 Å². The molecule has 1 aromatic carbocycles. The molecule has 0 aliphatic carbocycles. The number of hydrogen-bond acceptors (Lipinski definition) is 4. The van der Waals surface area contributed by atoms with Crippen LogP contribution in [0.25, 0.3) is 0 Å². The highest BCUT2D eigenvalue weighted by atomic mass is 19.1. The molecule has 0 unspecified atom stereocenters. The van der Waals surface area contributed by atoms with E-state index in [-0.39, 0.29) is 36.3 Å². The Hall–Kier alpha value is -2.15. The molecule has 3 atom stereocenters. The average molecular weight is 438 g/mol. The topological polar surface area (TPSA) is 76.1 Å². The highest BCUT2D eigenvalue weighted by Crippen LogP contribution is 2.44. The van der Waals surface area contributed by atoms with Crippen molar-refractivity contribution >= 4 is 11.9 Å². The second kappa shape index (κ2) is 9.55. The van der Waals surface area contributed by atoms with Crippen molar-refractivity contribution in [3.63, 3.8) is 0 Å². The molecule has 1 aromatic rings. The lowest BCUT2D eigenvalue weighted by Crippen LogP contribution is -2.57. The molecule has 1 heterocycles. The highest BCUT2D eigenvalue weighted by molar-refractivity contribution is 5.99. The van der Waals surface area contributed by atoms with Gasteiger partial charge in [0, 0.05) is 18.6 Å². The fraction of sp³-hybridized carbons (Fsp3) is 0.667. The third-order valence-corrected chi connectivity index (χ3v) is 6.09. The van der Waals surface area contributed by atoms with Gasteiger partial charge in [-0.2, -0.15) is 0 Å². The average Bonchev–Trinajstić information content (AvgIpc) is 2.99. The van der Waals surface area contributed by atoms with Gasteiger partial charge in [-0.3, -0.25) is 4.79 Å². The van der Waals surface area contributed by atoms with Crippen LogP contribution in [-0.2, 0) is 14.9 Å². The molecule has 6 nitrogen and oxygen atoms in total. The maximum Gasteiger partial charge on any atom is 0.329 e. The molecule has 1 fully saturated rings. The summed E-state index contributed by atoms with van der Waals surface area (Å²) >= 11 is 0. The normalized spacial score (nSPS) is 24.0. The minimum absolute atomic E-state index is 0.00533. The molecule has 0 spiro atoms. The Bertz CT molecular complexity index is 804. The summed E-state index contributed by atoms with van der Waals surface area (Å²) in [6, 6.07) is 4.26. The van der Waals surface area contributed by atoms with E-state index in [0.717, 1.165) is 5.56 Å². The lowest BCUT2D eigenvalue weighted by molar-refractivity contribution is -0.150. The number of methoxy groups -OCH3 is 2. The number of aliphatic carboxylic acids is 1. The summed E-state index contributed by atoms with van der Waals surface area (Å²) in [6.07, 6.45) is 0.397. The fourth-order valence-electron chi connectivity index (χ4n) is 4.84. The largest absolute Gasteiger partial charge is 0.496 e. The number of rotatable bonds is 8. The van der Waals surface area contributed by atoms with Crippen molar-refractivity contribution < 1.29 is 28.6 Å². The number of ether oxygens (including phenoxy) is 2. The zero-order valence-electron chi connectivity index (χ0n) is 19.7. The van der Waals surface area contributed by atoms with Crippen molar-refractivity contribution in [1.29, 1.82) is 0 Å². The zero-order chi connectivity index (χ0) is 23.6. The first kappa shape index (κ1) is 25.1. The maximum absolute atomic E-state index is 14.2. The lowest BCUT2D eigenvalue weighted by Gasteiger charge is -2.38. The molecule has 2 rings (SSSR count). The molecule has 0 bridgehead atoms. The van der Waals surface area contributed by atoms with Crippen LogP contribution < -0.4 is 4.74 Å². The smallest absolute Gasteiger partial charge is 0.329 e. The molecule has 0 saturated carbocycles. The quantitative estimate of drug-likeness (QED) is 0.656. The number of halogens is 1. The third-order valence-electron chi connectivity index (χ3n) is 6.09. The molecule has 0 radical (unpaired) electrons. The van der Waals surface area contributed by atoms with Crippen LogP contribution in [0.3, 0.4) is 0 Å². The Morgan fingerprint density at radius 2 is 1.94 bits per heavy atom. The summed E-state index contributed by atoms with van der Waals surface area (Å²) in [7, 11) is 3.04. The van der Waals surface area contributed by atoms with Crippen molar-refractivity contribution in [2.45, 2.75) is 64.5 Å². The van der Waals surface area contributed by atoms with Gasteiger partial charge < -0.3 is 19.5 Å². The first-order valence-electron chi connectivity index (χ1n) is 10.7. The van der Waals surface area contributed by atoms with Crippen LogP contribution in [0.2, 0.25) is 0 Å². The summed E-state index contributed by atoms with van der Waals surface area (Å²) in [5, 5.41) is 10.2. The van der Waals surface area contributed by atoms with E-state index in [1.165, 1.54) is 19.1 Å². The molecule has 1 amide bonds. The van der Waals surface area contributed by atoms with E-state index in [4.69, 9.17) is 9.47 Å². The van der Waals surface area contributed by atoms with Crippen LogP contribution in [0.1, 0.15) is 63.4 Å². The lowest BCUT2D eigenvalue weighted by atomic mass is 9.83. The number of carboxylic acid groups (broad SMARTS) is 1. The second-order valence-corrected chi connectivity index (χ2v) is 9.92. The van der Waals surface area contributed by atoms with Crippen LogP contribution in [-0.4, -0.2) is 61.0 Å². The van der Waals surface area contributed by atoms with Crippen LogP contribution >= 0.6 is 0 Å². The number of nitrogens with zero attached hydrogens (tertiary/aromatic N) is 1. The van der Waals surface area contributed by atoms with Gasteiger partial charge in [0.15, 0.2) is 0 Å². The summed E-state index contributed by atoms with van der Waals surface area (Å²) in [6.45, 7) is 9.30. The number of amides is 1. The van der Waals surface area contributed by atoms with Crippen molar-refractivity contribution in [2.75, 3.05) is 27.5 Å². The Morgan fingerprint density at radius 1 is 1.29 bits per heavy atom. The number of likely N-dealkylation sites (tertiary alicyclic amines) is 1. The van der Waals surface area contributed by atoms with Crippen molar-refractivity contribution in [1.82, 2.24) is 4.90 Å². The van der Waals surface area contributed by atoms with E-state index >= 15 is 0 Å². The van der Waals surface area contributed by atoms with Crippen LogP contribution in [0.4, 0.5) is 4.39 Å². The third kappa shape index (κ3) is 4.86. The van der Waals surface area contributed by atoms with Gasteiger partial charge in [0.25, 0.3) is 5.91 Å². The Morgan fingerprint density at radius 3 is 2.39 bits per heavy atom. The van der Waals surface area contributed by atoms with Crippen molar-refractivity contribution in [3.05, 3.63) is 29.3 Å². The summed E-state index contributed by atoms with van der Waals surface area (Å²) in [5.41, 5.74) is -0.468. The molecule has 1 aliphatic heterocycles. The van der Waals surface area contributed by atoms with Crippen LogP contribution in [0.15, 0.2) is 18.2 Å². The number of benzene rings is 1. The van der Waals surface area contributed by atoms with Gasteiger partial charge in [-0.25, -0.2) is 9.18 Å². The number of carbonyl (C=O) groups excluding carboxylic acids is 1. The minimum atomic E-state index is -1.48. The van der Waals surface area contributed by atoms with E-state index < -0.39 is 36.0 Å². The van der Waals surface area contributed by atoms with Gasteiger partial charge in [-0.1, -0.05) is 40.7 Å². The molecule has 1 saturated heterocycles. The van der Waals surface area contributed by atoms with Gasteiger partial charge in [-0.05, 0) is 41.9 Å². The first-order valence-corrected chi connectivity index (χ1v) is 10.7. The molecule has 0 aromatic heterocycles. The van der Waals surface area contributed by atoms with Gasteiger partial charge in [0.2, 0.25) is 0 Å². The van der Waals surface area contributed by atoms with Crippen molar-refractivity contribution in [3.8, 4) is 5.75 Å². The van der Waals surface area contributed by atoms with Crippen LogP contribution in [0, 0.1) is 11.8 Å². The van der Waals surface area contributed by atoms with E-state index in [1.54, 1.807) is 12.1 Å². The number of carbonyl (C=O) groups is 2. The summed E-state index contributed by atoms with van der Waals surface area (Å²) in [4.78, 5) is 27.5. The van der Waals surface area contributed by atoms with Crippen LogP contribution in [0.5, 0.6) is 5.75 Å². The Kier molecular flexibility index (Phi) is 7.74. The SMILES string of the molecule is COC[C@H]1C[C@@](CC(C)C)(C(=O)O)N(C(=O)c2ccc(C(C)(C)C)c(OC)c2)[C@H]1CF. The van der Waals surface area contributed by atoms with E-state index in [9.17, 15) is 19.1 Å². The molecule has 1 aliphatic rings. The predicted molar refractivity (Wildman–Crippen MR) is 117 cm³/mol. The molecule has 7 heteroatoms. The fourth-order valence-corrected chi connectivity index (χ4v) is 4.84. The molecule has 1 N–H and O–H groups in total. The van der Waals surface area contributed by atoms with Gasteiger partial charge in [-0.15, -0.1) is 0 Å². The standard InChI is InChI=1S/C24H36FNO5/c1-15(2)11-24(22(28)29)12-17(14-30-6)19(13-25)26(24)21(27)16-8-9-18(23(3,4)5)20(10-16)31-7/h8-10,15,17,19H,11-14H2,1-7H3,(H,28,29)/t17-,19+,24+/m1/s1. The first-order chi connectivity index (χ1) is 14.4. The number of hydrogen-bond donors (Lipinski definition) is 1. The zero-order valence-corrected chi connectivity index (χ0v) is 19.7. The van der Waals surface area contributed by atoms with Gasteiger partial charge in [0.05, 0.1) is 19.8 Å². The summed E-state index contributed by atoms with van der Waals surface area (Å²) < 4.78 is 25.0. The van der Waals surface area contributed by atoms with E-state index in [1.807, 2.05) is 40.7 Å². The highest BCUT2D eigenvalue weighted by Gasteiger charge is 2.58. The second-order valence-electron chi connectivity index (χ2n) is 9.92.